The Morgan fingerprint density at radius 2 is 1.80 bits per heavy atom. The molecule has 4 aromatic carbocycles. The van der Waals surface area contributed by atoms with Crippen LogP contribution in [-0.2, 0) is 15.3 Å². The summed E-state index contributed by atoms with van der Waals surface area (Å²) in [6, 6.07) is 24.1. The van der Waals surface area contributed by atoms with Crippen LogP contribution in [0, 0.1) is 5.82 Å². The molecule has 1 aliphatic heterocycles. The average Bonchev–Trinajstić information content (AvgIpc) is 3.65. The van der Waals surface area contributed by atoms with Crippen LogP contribution >= 0.6 is 23.1 Å². The van der Waals surface area contributed by atoms with E-state index in [2.05, 4.69) is 41.4 Å². The molecule has 46 heavy (non-hydrogen) atoms. The Morgan fingerprint density at radius 3 is 2.57 bits per heavy atom. The molecule has 5 aromatic rings. The number of aliphatic hydroxyl groups excluding tert-OH is 1. The number of rotatable bonds is 11. The lowest BCUT2D eigenvalue weighted by Crippen LogP contribution is -2.29. The second kappa shape index (κ2) is 13.7. The van der Waals surface area contributed by atoms with Gasteiger partial charge >= 0.3 is 5.91 Å². The average molecular weight is 656 g/mol. The highest BCUT2D eigenvalue weighted by molar-refractivity contribution is 8.00. The fourth-order valence-corrected chi connectivity index (χ4v) is 7.18. The summed E-state index contributed by atoms with van der Waals surface area (Å²) < 4.78 is 26.0. The summed E-state index contributed by atoms with van der Waals surface area (Å²) in [6.45, 7) is 2.63. The quantitative estimate of drug-likeness (QED) is 0.0382. The molecule has 0 aliphatic carbocycles. The Morgan fingerprint density at radius 1 is 1.02 bits per heavy atom. The minimum absolute atomic E-state index is 0.0189. The van der Waals surface area contributed by atoms with E-state index in [1.165, 1.54) is 47.2 Å². The van der Waals surface area contributed by atoms with Crippen LogP contribution in [0.3, 0.4) is 0 Å². The summed E-state index contributed by atoms with van der Waals surface area (Å²) in [7, 11) is 1.33. The predicted octanol–water partition coefficient (Wildman–Crippen LogP) is 7.94. The minimum Gasteiger partial charge on any atom is -0.507 e. The maximum atomic E-state index is 14.6. The lowest BCUT2D eigenvalue weighted by molar-refractivity contribution is -0.132. The van der Waals surface area contributed by atoms with Crippen molar-refractivity contribution in [2.45, 2.75) is 35.9 Å². The second-order valence-corrected chi connectivity index (χ2v) is 12.7. The third-order valence-corrected chi connectivity index (χ3v) is 9.77. The molecule has 6 rings (SSSR count). The zero-order valence-electron chi connectivity index (χ0n) is 25.1. The Labute approximate surface area is 273 Å². The van der Waals surface area contributed by atoms with Gasteiger partial charge in [-0.05, 0) is 58.7 Å². The monoisotopic (exact) mass is 655 g/mol. The number of ketones is 1. The number of thioether (sulfide) groups is 1. The number of carbonyl (C=O) groups excluding carboxylic acids is 2. The molecule has 8 nitrogen and oxygen atoms in total. The molecule has 0 spiro atoms. The number of fused-ring (bicyclic) bond motifs is 1. The molecule has 0 unspecified atom stereocenters. The number of benzene rings is 4. The van der Waals surface area contributed by atoms with Gasteiger partial charge in [-0.1, -0.05) is 91.0 Å². The van der Waals surface area contributed by atoms with Crippen molar-refractivity contribution in [3.63, 3.8) is 0 Å². The summed E-state index contributed by atoms with van der Waals surface area (Å²) in [5, 5.41) is 22.5. The Balaban J connectivity index is 1.36. The van der Waals surface area contributed by atoms with Crippen molar-refractivity contribution in [3.8, 4) is 11.5 Å². The Hall–Kier alpha value is -4.74. The van der Waals surface area contributed by atoms with Gasteiger partial charge in [0.25, 0.3) is 5.78 Å². The largest absolute Gasteiger partial charge is 0.507 e. The molecule has 11 heteroatoms. The topological polar surface area (TPSA) is 102 Å². The van der Waals surface area contributed by atoms with Crippen LogP contribution in [0.2, 0.25) is 0 Å². The Kier molecular flexibility index (Phi) is 9.32. The number of amides is 1. The number of aliphatic hydroxyl groups is 1. The molecule has 1 N–H and O–H groups in total. The number of hydrogen-bond acceptors (Lipinski definition) is 9. The number of hydrogen-bond donors (Lipinski definition) is 1. The normalized spacial score (nSPS) is 15.9. The van der Waals surface area contributed by atoms with Gasteiger partial charge in [-0.15, -0.1) is 10.2 Å². The number of anilines is 1. The summed E-state index contributed by atoms with van der Waals surface area (Å²) in [5.74, 6) is -1.77. The fourth-order valence-electron chi connectivity index (χ4n) is 5.31. The van der Waals surface area contributed by atoms with Crippen molar-refractivity contribution in [2.24, 2.45) is 0 Å². The van der Waals surface area contributed by atoms with Crippen molar-refractivity contribution >= 4 is 56.5 Å². The van der Waals surface area contributed by atoms with E-state index in [-0.39, 0.29) is 22.0 Å². The van der Waals surface area contributed by atoms with E-state index in [1.807, 2.05) is 18.2 Å². The number of Topliss-reactive ketones (excluding diaryl/α,β-unsaturated/α-hetero) is 1. The van der Waals surface area contributed by atoms with E-state index in [4.69, 9.17) is 9.47 Å². The lowest BCUT2D eigenvalue weighted by Gasteiger charge is -2.22. The third-order valence-electron chi connectivity index (χ3n) is 7.67. The third kappa shape index (κ3) is 6.20. The molecule has 1 fully saturated rings. The maximum absolute atomic E-state index is 14.6. The molecule has 1 atom stereocenters. The van der Waals surface area contributed by atoms with Gasteiger partial charge in [0, 0.05) is 11.3 Å². The SMILES string of the molecule is CCCCOc1ccc([C@@H]2C(=C(O)c3ccc(OC)c(F)c3)C(=O)C(=O)N2c2nnc(SCc3cccc4ccccc34)s2)cc1. The summed E-state index contributed by atoms with van der Waals surface area (Å²) in [6.07, 6.45) is 1.89. The first kappa shape index (κ1) is 31.3. The zero-order chi connectivity index (χ0) is 32.2. The van der Waals surface area contributed by atoms with Crippen LogP contribution in [0.5, 0.6) is 11.5 Å². The molecule has 234 valence electrons. The maximum Gasteiger partial charge on any atom is 0.301 e. The molecular weight excluding hydrogens is 626 g/mol. The van der Waals surface area contributed by atoms with Crippen molar-refractivity contribution in [1.82, 2.24) is 10.2 Å². The molecule has 1 saturated heterocycles. The first-order chi connectivity index (χ1) is 22.4. The molecule has 2 heterocycles. The molecular formula is C35H30FN3O5S2. The highest BCUT2D eigenvalue weighted by Crippen LogP contribution is 2.44. The van der Waals surface area contributed by atoms with Gasteiger partial charge in [-0.3, -0.25) is 14.5 Å². The second-order valence-electron chi connectivity index (χ2n) is 10.6. The van der Waals surface area contributed by atoms with E-state index in [9.17, 15) is 19.1 Å². The molecule has 1 aromatic heterocycles. The van der Waals surface area contributed by atoms with E-state index < -0.39 is 29.3 Å². The van der Waals surface area contributed by atoms with Gasteiger partial charge in [0.15, 0.2) is 15.9 Å². The van der Waals surface area contributed by atoms with Gasteiger partial charge < -0.3 is 14.6 Å². The fraction of sp³-hybridized carbons (Fsp3) is 0.200. The standard InChI is InChI=1S/C35H30FN3O5S2/c1-3-4-18-44-25-15-12-22(13-16-25)30-29(31(40)23-14-17-28(43-2)27(36)19-23)32(41)33(42)39(30)34-37-38-35(46-34)45-20-24-10-7-9-21-8-5-6-11-26(21)24/h5-17,19,30,40H,3-4,18,20H2,1-2H3/t30-/m1/s1. The minimum atomic E-state index is -1.04. The highest BCUT2D eigenvalue weighted by Gasteiger charge is 2.48. The van der Waals surface area contributed by atoms with E-state index >= 15 is 0 Å². The van der Waals surface area contributed by atoms with Crippen LogP contribution in [0.25, 0.3) is 16.5 Å². The molecule has 0 saturated carbocycles. The molecule has 0 bridgehead atoms. The summed E-state index contributed by atoms with van der Waals surface area (Å²) in [4.78, 5) is 28.5. The smallest absolute Gasteiger partial charge is 0.301 e. The summed E-state index contributed by atoms with van der Waals surface area (Å²) >= 11 is 2.66. The van der Waals surface area contributed by atoms with Crippen LogP contribution in [0.4, 0.5) is 9.52 Å². The van der Waals surface area contributed by atoms with Gasteiger partial charge in [-0.2, -0.15) is 0 Å². The van der Waals surface area contributed by atoms with Crippen molar-refractivity contribution < 1.29 is 28.6 Å². The number of halogens is 1. The summed E-state index contributed by atoms with van der Waals surface area (Å²) in [5.41, 5.74) is 1.52. The molecule has 0 radical (unpaired) electrons. The molecule has 1 aliphatic rings. The van der Waals surface area contributed by atoms with Gasteiger partial charge in [0.05, 0.1) is 25.3 Å². The first-order valence-corrected chi connectivity index (χ1v) is 16.5. The van der Waals surface area contributed by atoms with E-state index in [0.29, 0.717) is 28.0 Å². The van der Waals surface area contributed by atoms with Crippen molar-refractivity contribution in [3.05, 3.63) is 113 Å². The van der Waals surface area contributed by atoms with Gasteiger partial charge in [0.1, 0.15) is 11.5 Å². The highest BCUT2D eigenvalue weighted by atomic mass is 32.2. The van der Waals surface area contributed by atoms with Gasteiger partial charge in [-0.25, -0.2) is 4.39 Å². The number of nitrogens with zero attached hydrogens (tertiary/aromatic N) is 3. The number of methoxy groups -OCH3 is 1. The van der Waals surface area contributed by atoms with Crippen LogP contribution in [0.1, 0.15) is 42.5 Å². The zero-order valence-corrected chi connectivity index (χ0v) is 26.7. The number of ether oxygens (including phenoxy) is 2. The number of aromatic nitrogens is 2. The van der Waals surface area contributed by atoms with Crippen LogP contribution < -0.4 is 14.4 Å². The first-order valence-electron chi connectivity index (χ1n) is 14.7. The number of unbranched alkanes of at least 4 members (excludes halogenated alkanes) is 1. The van der Waals surface area contributed by atoms with Crippen LogP contribution in [0.15, 0.2) is 94.8 Å². The van der Waals surface area contributed by atoms with Crippen molar-refractivity contribution in [2.75, 3.05) is 18.6 Å². The molecule has 1 amide bonds. The predicted molar refractivity (Wildman–Crippen MR) is 178 cm³/mol. The van der Waals surface area contributed by atoms with Crippen LogP contribution in [-0.4, -0.2) is 40.7 Å². The van der Waals surface area contributed by atoms with E-state index in [0.717, 1.165) is 35.2 Å². The van der Waals surface area contributed by atoms with Gasteiger partial charge in [0.2, 0.25) is 5.13 Å². The van der Waals surface area contributed by atoms with Crippen molar-refractivity contribution in [1.29, 1.82) is 0 Å². The van der Waals surface area contributed by atoms with E-state index in [1.54, 1.807) is 24.3 Å². The lowest BCUT2D eigenvalue weighted by atomic mass is 9.95. The number of carbonyl (C=O) groups is 2. The Bertz CT molecular complexity index is 1940.